The molecule has 7 heteroatoms. The van der Waals surface area contributed by atoms with E-state index in [1.165, 1.54) is 56.5 Å². The number of aliphatic imine (C=N–C) groups is 1. The first-order valence-corrected chi connectivity index (χ1v) is 12.1. The van der Waals surface area contributed by atoms with E-state index in [1.807, 2.05) is 11.3 Å². The van der Waals surface area contributed by atoms with E-state index in [0.717, 1.165) is 25.7 Å². The van der Waals surface area contributed by atoms with Gasteiger partial charge in [-0.3, -0.25) is 9.89 Å². The molecule has 0 amide bonds. The summed E-state index contributed by atoms with van der Waals surface area (Å²) >= 11 is 1.87. The van der Waals surface area contributed by atoms with Crippen molar-refractivity contribution in [1.82, 2.24) is 15.5 Å². The highest BCUT2D eigenvalue weighted by Crippen LogP contribution is 2.62. The number of nitrogens with one attached hydrogen (secondary N) is 2. The van der Waals surface area contributed by atoms with Gasteiger partial charge < -0.3 is 15.4 Å². The molecular weight excluding hydrogens is 495 g/mol. The van der Waals surface area contributed by atoms with Crippen LogP contribution in [0.25, 0.3) is 0 Å². The number of guanidine groups is 1. The molecule has 5 nitrogen and oxygen atoms in total. The molecule has 2 aliphatic heterocycles. The zero-order chi connectivity index (χ0) is 19.0. The summed E-state index contributed by atoms with van der Waals surface area (Å²) in [7, 11) is 0. The van der Waals surface area contributed by atoms with Gasteiger partial charge in [-0.2, -0.15) is 0 Å². The lowest BCUT2D eigenvalue weighted by atomic mass is 9.46. The van der Waals surface area contributed by atoms with Gasteiger partial charge in [0, 0.05) is 35.4 Å². The SMILES string of the molecule is CCNC(=NCC(c1cccs1)N1CCCC1)NC1C2CCOC2C12CCC2.I. The van der Waals surface area contributed by atoms with E-state index in [2.05, 4.69) is 40.0 Å². The van der Waals surface area contributed by atoms with Crippen LogP contribution in [0.15, 0.2) is 22.5 Å². The Morgan fingerprint density at radius 3 is 2.83 bits per heavy atom. The molecule has 162 valence electrons. The Labute approximate surface area is 196 Å². The van der Waals surface area contributed by atoms with Gasteiger partial charge in [0.05, 0.1) is 18.7 Å². The molecule has 4 fully saturated rings. The fraction of sp³-hybridized carbons (Fsp3) is 0.773. The summed E-state index contributed by atoms with van der Waals surface area (Å²) < 4.78 is 6.09. The van der Waals surface area contributed by atoms with Crippen molar-refractivity contribution in [2.45, 2.75) is 63.6 Å². The molecule has 1 aromatic heterocycles. The molecule has 2 saturated carbocycles. The monoisotopic (exact) mass is 530 g/mol. The lowest BCUT2D eigenvalue weighted by Gasteiger charge is -2.63. The molecule has 0 radical (unpaired) electrons. The lowest BCUT2D eigenvalue weighted by Crippen LogP contribution is -2.72. The van der Waals surface area contributed by atoms with Crippen LogP contribution in [0.3, 0.4) is 0 Å². The van der Waals surface area contributed by atoms with Crippen LogP contribution in [0.4, 0.5) is 0 Å². The molecule has 29 heavy (non-hydrogen) atoms. The standard InChI is InChI=1S/C22H34N4OS.HI/c1-2-23-21(25-19-16-8-13-27-20(16)22(19)9-6-10-22)24-15-17(18-7-5-14-28-18)26-11-3-4-12-26;/h5,7,14,16-17,19-20H,2-4,6,8-13,15H2,1H3,(H2,23,24,25);1H. The van der Waals surface area contributed by atoms with Crippen LogP contribution < -0.4 is 10.6 Å². The summed E-state index contributed by atoms with van der Waals surface area (Å²) in [6, 6.07) is 5.41. The molecule has 2 N–H and O–H groups in total. The second kappa shape index (κ2) is 9.40. The van der Waals surface area contributed by atoms with E-state index in [0.29, 0.717) is 29.5 Å². The van der Waals surface area contributed by atoms with Crippen LogP contribution in [0, 0.1) is 11.3 Å². The van der Waals surface area contributed by atoms with E-state index in [4.69, 9.17) is 9.73 Å². The van der Waals surface area contributed by atoms with Gasteiger partial charge in [-0.25, -0.2) is 0 Å². The predicted molar refractivity (Wildman–Crippen MR) is 130 cm³/mol. The van der Waals surface area contributed by atoms with Crippen LogP contribution in [-0.2, 0) is 4.74 Å². The van der Waals surface area contributed by atoms with Crippen molar-refractivity contribution in [3.8, 4) is 0 Å². The first-order valence-electron chi connectivity index (χ1n) is 11.3. The summed E-state index contributed by atoms with van der Waals surface area (Å²) in [5.74, 6) is 1.68. The van der Waals surface area contributed by atoms with Crippen LogP contribution in [0.1, 0.15) is 56.4 Å². The van der Waals surface area contributed by atoms with Crippen molar-refractivity contribution in [2.75, 3.05) is 32.8 Å². The largest absolute Gasteiger partial charge is 0.377 e. The van der Waals surface area contributed by atoms with Crippen LogP contribution in [0.5, 0.6) is 0 Å². The molecular formula is C22H35IN4OS. The molecule has 2 aliphatic carbocycles. The Balaban J connectivity index is 0.00000205. The zero-order valence-corrected chi connectivity index (χ0v) is 20.6. The number of halogens is 1. The maximum Gasteiger partial charge on any atom is 0.191 e. The van der Waals surface area contributed by atoms with Crippen molar-refractivity contribution in [1.29, 1.82) is 0 Å². The van der Waals surface area contributed by atoms with Crippen LogP contribution in [-0.4, -0.2) is 55.8 Å². The van der Waals surface area contributed by atoms with Gasteiger partial charge in [0.25, 0.3) is 0 Å². The van der Waals surface area contributed by atoms with Gasteiger partial charge in [0.2, 0.25) is 0 Å². The molecule has 1 spiro atoms. The van der Waals surface area contributed by atoms with Crippen LogP contribution in [0.2, 0.25) is 0 Å². The highest BCUT2D eigenvalue weighted by molar-refractivity contribution is 14.0. The first kappa shape index (κ1) is 21.8. The topological polar surface area (TPSA) is 48.9 Å². The quantitative estimate of drug-likeness (QED) is 0.332. The van der Waals surface area contributed by atoms with E-state index < -0.39 is 0 Å². The second-order valence-corrected chi connectivity index (χ2v) is 9.93. The number of thiophene rings is 1. The van der Waals surface area contributed by atoms with E-state index in [1.54, 1.807) is 0 Å². The number of hydrogen-bond donors (Lipinski definition) is 2. The summed E-state index contributed by atoms with van der Waals surface area (Å²) in [5.41, 5.74) is 0.388. The Morgan fingerprint density at radius 1 is 1.34 bits per heavy atom. The molecule has 2 saturated heterocycles. The number of hydrogen-bond acceptors (Lipinski definition) is 4. The average molecular weight is 531 g/mol. The number of fused-ring (bicyclic) bond motifs is 2. The maximum atomic E-state index is 6.09. The Hall–Kier alpha value is -0.380. The van der Waals surface area contributed by atoms with E-state index in [9.17, 15) is 0 Å². The maximum absolute atomic E-state index is 6.09. The van der Waals surface area contributed by atoms with Gasteiger partial charge in [-0.15, -0.1) is 35.3 Å². The number of likely N-dealkylation sites (tertiary alicyclic amines) is 1. The van der Waals surface area contributed by atoms with Crippen LogP contribution >= 0.6 is 35.3 Å². The van der Waals surface area contributed by atoms with Gasteiger partial charge >= 0.3 is 0 Å². The molecule has 3 heterocycles. The minimum Gasteiger partial charge on any atom is -0.377 e. The smallest absolute Gasteiger partial charge is 0.191 e. The molecule has 0 aromatic carbocycles. The summed E-state index contributed by atoms with van der Waals surface area (Å²) in [4.78, 5) is 9.16. The summed E-state index contributed by atoms with van der Waals surface area (Å²) in [5, 5.41) is 9.57. The molecule has 4 unspecified atom stereocenters. The van der Waals surface area contributed by atoms with Crippen molar-refractivity contribution >= 4 is 41.3 Å². The Morgan fingerprint density at radius 2 is 2.17 bits per heavy atom. The first-order chi connectivity index (χ1) is 13.8. The summed E-state index contributed by atoms with van der Waals surface area (Å²) in [6.07, 6.45) is 8.33. The van der Waals surface area contributed by atoms with Crippen molar-refractivity contribution in [3.63, 3.8) is 0 Å². The van der Waals surface area contributed by atoms with Crippen molar-refractivity contribution in [2.24, 2.45) is 16.3 Å². The number of ether oxygens (including phenoxy) is 1. The normalized spacial score (nSPS) is 31.5. The minimum absolute atomic E-state index is 0. The highest BCUT2D eigenvalue weighted by atomic mass is 127. The zero-order valence-electron chi connectivity index (χ0n) is 17.4. The third-order valence-corrected chi connectivity index (χ3v) is 8.52. The Bertz CT molecular complexity index is 687. The molecule has 4 atom stereocenters. The average Bonchev–Trinajstić information content (AvgIpc) is 3.41. The minimum atomic E-state index is 0. The number of rotatable bonds is 6. The van der Waals surface area contributed by atoms with Gasteiger partial charge in [-0.05, 0) is 63.6 Å². The lowest BCUT2D eigenvalue weighted by molar-refractivity contribution is -0.171. The molecule has 4 aliphatic rings. The third-order valence-electron chi connectivity index (χ3n) is 7.55. The van der Waals surface area contributed by atoms with Gasteiger partial charge in [0.1, 0.15) is 0 Å². The van der Waals surface area contributed by atoms with E-state index in [-0.39, 0.29) is 24.0 Å². The number of nitrogens with zero attached hydrogens (tertiary/aromatic N) is 2. The second-order valence-electron chi connectivity index (χ2n) is 8.95. The van der Waals surface area contributed by atoms with E-state index >= 15 is 0 Å². The molecule has 5 rings (SSSR count). The van der Waals surface area contributed by atoms with Gasteiger partial charge in [0.15, 0.2) is 5.96 Å². The molecule has 0 bridgehead atoms. The fourth-order valence-corrected chi connectivity index (χ4v) is 6.87. The molecule has 1 aromatic rings. The van der Waals surface area contributed by atoms with Gasteiger partial charge in [-0.1, -0.05) is 12.5 Å². The van der Waals surface area contributed by atoms with Crippen molar-refractivity contribution < 1.29 is 4.74 Å². The third kappa shape index (κ3) is 3.96. The highest BCUT2D eigenvalue weighted by Gasteiger charge is 2.66. The predicted octanol–water partition coefficient (Wildman–Crippen LogP) is 4.02. The van der Waals surface area contributed by atoms with Crippen molar-refractivity contribution in [3.05, 3.63) is 22.4 Å². The summed E-state index contributed by atoms with van der Waals surface area (Å²) in [6.45, 7) is 7.25. The fourth-order valence-electron chi connectivity index (χ4n) is 6.02. The Kier molecular flexibility index (Phi) is 7.08.